The fourth-order valence-electron chi connectivity index (χ4n) is 3.46. The third-order valence-corrected chi connectivity index (χ3v) is 5.51. The highest BCUT2D eigenvalue weighted by molar-refractivity contribution is 6.30. The van der Waals surface area contributed by atoms with Crippen molar-refractivity contribution in [3.63, 3.8) is 0 Å². The number of benzene rings is 2. The zero-order valence-electron chi connectivity index (χ0n) is 19.7. The average molecular weight is 523 g/mol. The number of amides is 2. The van der Waals surface area contributed by atoms with Crippen molar-refractivity contribution in [3.05, 3.63) is 89.3 Å². The minimum absolute atomic E-state index is 0.00749. The van der Waals surface area contributed by atoms with E-state index in [4.69, 9.17) is 11.6 Å². The number of nitrogens with zero attached hydrogens (tertiary/aromatic N) is 3. The van der Waals surface area contributed by atoms with Crippen LogP contribution < -0.4 is 16.0 Å². The minimum atomic E-state index is -4.00. The Bertz CT molecular complexity index is 1470. The summed E-state index contributed by atoms with van der Waals surface area (Å²) in [5.74, 6) is -5.88. The average Bonchev–Trinajstić information content (AvgIpc) is 2.87. The van der Waals surface area contributed by atoms with Crippen LogP contribution in [0.2, 0.25) is 5.02 Å². The Labute approximate surface area is 216 Å². The van der Waals surface area contributed by atoms with Crippen LogP contribution in [0.15, 0.2) is 73.2 Å². The van der Waals surface area contributed by atoms with Crippen LogP contribution in [0, 0.1) is 6.92 Å². The lowest BCUT2D eigenvalue weighted by Gasteiger charge is -2.20. The van der Waals surface area contributed by atoms with Gasteiger partial charge in [0.25, 0.3) is 5.91 Å². The maximum absolute atomic E-state index is 15.2. The van der Waals surface area contributed by atoms with Crippen molar-refractivity contribution in [2.45, 2.75) is 19.8 Å². The van der Waals surface area contributed by atoms with Crippen LogP contribution in [-0.4, -0.2) is 26.8 Å². The summed E-state index contributed by atoms with van der Waals surface area (Å²) in [5.41, 5.74) is 1.89. The number of halogens is 3. The van der Waals surface area contributed by atoms with E-state index in [1.54, 1.807) is 43.7 Å². The predicted octanol–water partition coefficient (Wildman–Crippen LogP) is 5.93. The van der Waals surface area contributed by atoms with Gasteiger partial charge >= 0.3 is 5.92 Å². The highest BCUT2D eigenvalue weighted by atomic mass is 35.5. The van der Waals surface area contributed by atoms with Crippen LogP contribution in [0.1, 0.15) is 18.1 Å². The molecule has 37 heavy (non-hydrogen) atoms. The molecule has 11 heteroatoms. The highest BCUT2D eigenvalue weighted by Crippen LogP contribution is 2.37. The summed E-state index contributed by atoms with van der Waals surface area (Å²) >= 11 is 5.89. The molecule has 0 unspecified atom stereocenters. The van der Waals surface area contributed by atoms with Gasteiger partial charge in [-0.1, -0.05) is 17.7 Å². The third-order valence-electron chi connectivity index (χ3n) is 5.27. The molecule has 0 saturated heterocycles. The molecular weight excluding hydrogens is 502 g/mol. The molecular formula is C26H21ClF2N6O2. The maximum atomic E-state index is 15.2. The van der Waals surface area contributed by atoms with Crippen molar-refractivity contribution in [1.29, 1.82) is 0 Å². The van der Waals surface area contributed by atoms with Gasteiger partial charge in [0, 0.05) is 47.5 Å². The van der Waals surface area contributed by atoms with Gasteiger partial charge < -0.3 is 16.0 Å². The molecule has 0 bridgehead atoms. The van der Waals surface area contributed by atoms with E-state index in [1.807, 2.05) is 6.07 Å². The van der Waals surface area contributed by atoms with Crippen LogP contribution in [0.25, 0.3) is 11.3 Å². The number of carbonyl (C=O) groups excluding carboxylic acids is 2. The van der Waals surface area contributed by atoms with Crippen molar-refractivity contribution >= 4 is 46.4 Å². The van der Waals surface area contributed by atoms with Crippen molar-refractivity contribution < 1.29 is 18.4 Å². The van der Waals surface area contributed by atoms with Crippen LogP contribution >= 0.6 is 11.6 Å². The SMILES string of the molecule is CC(=O)Nc1ccc(Cl)cc1C(F)(F)C(=O)Nc1ccc(C)c(Nc2nccc(-c3cccnc3)n2)c1. The van der Waals surface area contributed by atoms with E-state index in [-0.39, 0.29) is 22.3 Å². The predicted molar refractivity (Wildman–Crippen MR) is 138 cm³/mol. The number of hydrogen-bond donors (Lipinski definition) is 3. The van der Waals surface area contributed by atoms with Crippen LogP contribution in [-0.2, 0) is 15.5 Å². The molecule has 188 valence electrons. The van der Waals surface area contributed by atoms with Gasteiger partial charge in [-0.15, -0.1) is 0 Å². The number of aryl methyl sites for hydroxylation is 1. The number of anilines is 4. The van der Waals surface area contributed by atoms with Gasteiger partial charge in [-0.05, 0) is 61.0 Å². The molecule has 0 aliphatic rings. The zero-order chi connectivity index (χ0) is 26.6. The number of rotatable bonds is 7. The molecule has 0 fully saturated rings. The third kappa shape index (κ3) is 6.04. The second kappa shape index (κ2) is 10.7. The Morgan fingerprint density at radius 2 is 1.78 bits per heavy atom. The Morgan fingerprint density at radius 1 is 0.973 bits per heavy atom. The molecule has 0 aliphatic carbocycles. The second-order valence-corrected chi connectivity index (χ2v) is 8.50. The molecule has 2 amide bonds. The summed E-state index contributed by atoms with van der Waals surface area (Å²) in [6.45, 7) is 2.98. The number of alkyl halides is 2. The lowest BCUT2D eigenvalue weighted by Crippen LogP contribution is -2.33. The van der Waals surface area contributed by atoms with E-state index >= 15 is 8.78 Å². The van der Waals surface area contributed by atoms with Gasteiger partial charge in [-0.2, -0.15) is 8.78 Å². The number of hydrogen-bond acceptors (Lipinski definition) is 6. The van der Waals surface area contributed by atoms with Gasteiger partial charge in [-0.25, -0.2) is 9.97 Å². The first kappa shape index (κ1) is 25.6. The van der Waals surface area contributed by atoms with Crippen LogP contribution in [0.4, 0.5) is 31.8 Å². The van der Waals surface area contributed by atoms with E-state index in [9.17, 15) is 9.59 Å². The van der Waals surface area contributed by atoms with Crippen LogP contribution in [0.5, 0.6) is 0 Å². The minimum Gasteiger partial charge on any atom is -0.326 e. The fourth-order valence-corrected chi connectivity index (χ4v) is 3.63. The number of pyridine rings is 1. The number of nitrogens with one attached hydrogen (secondary N) is 3. The van der Waals surface area contributed by atoms with Crippen molar-refractivity contribution in [3.8, 4) is 11.3 Å². The standard InChI is InChI=1S/C26H21ClF2N6O2/c1-15-5-7-19(13-23(15)35-25-31-11-9-21(34-25)17-4-3-10-30-14-17)33-24(37)26(28,29)20-12-18(27)6-8-22(20)32-16(2)36/h3-14H,1-2H3,(H,32,36)(H,33,37)(H,31,34,35). The molecule has 8 nitrogen and oxygen atoms in total. The largest absolute Gasteiger partial charge is 0.352 e. The molecule has 0 aliphatic heterocycles. The first-order valence-corrected chi connectivity index (χ1v) is 11.4. The number of carbonyl (C=O) groups is 2. The van der Waals surface area contributed by atoms with Gasteiger partial charge in [0.2, 0.25) is 11.9 Å². The highest BCUT2D eigenvalue weighted by Gasteiger charge is 2.43. The fraction of sp³-hybridized carbons (Fsp3) is 0.115. The summed E-state index contributed by atoms with van der Waals surface area (Å²) in [4.78, 5) is 36.9. The molecule has 0 atom stereocenters. The molecule has 0 saturated carbocycles. The summed E-state index contributed by atoms with van der Waals surface area (Å²) in [7, 11) is 0. The Hall–Kier alpha value is -4.44. The Balaban J connectivity index is 1.57. The van der Waals surface area contributed by atoms with E-state index < -0.39 is 23.3 Å². The van der Waals surface area contributed by atoms with Crippen molar-refractivity contribution in [1.82, 2.24) is 15.0 Å². The normalized spacial score (nSPS) is 11.1. The van der Waals surface area contributed by atoms with Gasteiger partial charge in [0.15, 0.2) is 0 Å². The first-order valence-electron chi connectivity index (χ1n) is 11.0. The van der Waals surface area contributed by atoms with E-state index in [1.165, 1.54) is 31.2 Å². The molecule has 0 spiro atoms. The molecule has 3 N–H and O–H groups in total. The monoisotopic (exact) mass is 522 g/mol. The zero-order valence-corrected chi connectivity index (χ0v) is 20.5. The lowest BCUT2D eigenvalue weighted by atomic mass is 10.0. The van der Waals surface area contributed by atoms with E-state index in [0.29, 0.717) is 11.4 Å². The lowest BCUT2D eigenvalue weighted by molar-refractivity contribution is -0.140. The summed E-state index contributed by atoms with van der Waals surface area (Å²) in [6.07, 6.45) is 4.91. The maximum Gasteiger partial charge on any atom is 0.352 e. The number of aromatic nitrogens is 3. The van der Waals surface area contributed by atoms with E-state index in [2.05, 4.69) is 30.9 Å². The molecule has 4 aromatic rings. The smallest absolute Gasteiger partial charge is 0.326 e. The van der Waals surface area contributed by atoms with Gasteiger partial charge in [0.1, 0.15) is 0 Å². The quantitative estimate of drug-likeness (QED) is 0.277. The molecule has 4 rings (SSSR count). The second-order valence-electron chi connectivity index (χ2n) is 8.06. The summed E-state index contributed by atoms with van der Waals surface area (Å²) in [6, 6.07) is 13.5. The topological polar surface area (TPSA) is 109 Å². The molecule has 2 aromatic heterocycles. The summed E-state index contributed by atoms with van der Waals surface area (Å²) in [5, 5.41) is 7.59. The van der Waals surface area contributed by atoms with Crippen molar-refractivity contribution in [2.24, 2.45) is 0 Å². The Kier molecular flexibility index (Phi) is 7.40. The van der Waals surface area contributed by atoms with E-state index in [0.717, 1.165) is 17.2 Å². The first-order chi connectivity index (χ1) is 17.6. The molecule has 0 radical (unpaired) electrons. The summed E-state index contributed by atoms with van der Waals surface area (Å²) < 4.78 is 30.4. The molecule has 2 heterocycles. The van der Waals surface area contributed by atoms with Crippen LogP contribution in [0.3, 0.4) is 0 Å². The van der Waals surface area contributed by atoms with Gasteiger partial charge in [-0.3, -0.25) is 14.6 Å². The van der Waals surface area contributed by atoms with Gasteiger partial charge in [0.05, 0.1) is 16.9 Å². The Morgan fingerprint density at radius 3 is 2.51 bits per heavy atom. The molecule has 2 aromatic carbocycles. The van der Waals surface area contributed by atoms with Crippen molar-refractivity contribution in [2.75, 3.05) is 16.0 Å².